The van der Waals surface area contributed by atoms with E-state index in [9.17, 15) is 4.79 Å². The molecule has 2 bridgehead atoms. The van der Waals surface area contributed by atoms with Crippen LogP contribution in [-0.2, 0) is 19.7 Å². The van der Waals surface area contributed by atoms with Crippen LogP contribution >= 0.6 is 0 Å². The molecule has 2 spiro atoms. The van der Waals surface area contributed by atoms with E-state index in [0.717, 1.165) is 39.4 Å². The number of ether oxygens (including phenoxy) is 2. The third-order valence-electron chi connectivity index (χ3n) is 10.5. The van der Waals surface area contributed by atoms with Gasteiger partial charge in [-0.25, -0.2) is 0 Å². The van der Waals surface area contributed by atoms with Crippen molar-refractivity contribution in [3.05, 3.63) is 35.4 Å². The van der Waals surface area contributed by atoms with Crippen LogP contribution in [0, 0.1) is 17.3 Å². The lowest BCUT2D eigenvalue weighted by Crippen LogP contribution is -2.69. The average Bonchev–Trinajstić information content (AvgIpc) is 3.19. The van der Waals surface area contributed by atoms with Crippen LogP contribution < -0.4 is 9.80 Å². The third kappa shape index (κ3) is 1.80. The Kier molecular flexibility index (Phi) is 2.98. The minimum Gasteiger partial charge on any atom is -0.380 e. The predicted octanol–water partition coefficient (Wildman–Crippen LogP) is 1.93. The van der Waals surface area contributed by atoms with Crippen LogP contribution in [0.2, 0.25) is 0 Å². The molecule has 9 rings (SSSR count). The summed E-state index contributed by atoms with van der Waals surface area (Å²) in [5.41, 5.74) is 6.07. The summed E-state index contributed by atoms with van der Waals surface area (Å²) in [6.45, 7) is 6.98. The van der Waals surface area contributed by atoms with Gasteiger partial charge in [-0.3, -0.25) is 9.69 Å². The quantitative estimate of drug-likeness (QED) is 0.636. The fourth-order valence-corrected chi connectivity index (χ4v) is 9.25. The van der Waals surface area contributed by atoms with Crippen LogP contribution in [0.15, 0.2) is 29.8 Å². The van der Waals surface area contributed by atoms with Crippen molar-refractivity contribution in [2.24, 2.45) is 17.3 Å². The van der Waals surface area contributed by atoms with E-state index in [-0.39, 0.29) is 23.5 Å². The Morgan fingerprint density at radius 3 is 2.91 bits per heavy atom. The molecule has 5 saturated heterocycles. The highest BCUT2D eigenvalue weighted by Gasteiger charge is 2.71. The monoisotopic (exact) mass is 431 g/mol. The molecule has 6 atom stereocenters. The lowest BCUT2D eigenvalue weighted by molar-refractivity contribution is -0.132. The van der Waals surface area contributed by atoms with Gasteiger partial charge in [-0.1, -0.05) is 11.6 Å². The van der Waals surface area contributed by atoms with Crippen LogP contribution in [0.3, 0.4) is 0 Å². The summed E-state index contributed by atoms with van der Waals surface area (Å²) < 4.78 is 11.9. The lowest BCUT2D eigenvalue weighted by atomic mass is 9.53. The van der Waals surface area contributed by atoms with Crippen molar-refractivity contribution in [1.82, 2.24) is 4.90 Å². The number of fused-ring (bicyclic) bond motifs is 2. The number of amides is 1. The van der Waals surface area contributed by atoms with Crippen molar-refractivity contribution in [3.63, 3.8) is 0 Å². The number of piperidine rings is 2. The van der Waals surface area contributed by atoms with E-state index in [0.29, 0.717) is 36.3 Å². The first kappa shape index (κ1) is 17.6. The Bertz CT molecular complexity index is 1100. The van der Waals surface area contributed by atoms with Crippen molar-refractivity contribution in [2.75, 3.05) is 55.8 Å². The Labute approximate surface area is 188 Å². The largest absolute Gasteiger partial charge is 0.380 e. The van der Waals surface area contributed by atoms with Crippen molar-refractivity contribution in [1.29, 1.82) is 0 Å². The molecule has 32 heavy (non-hydrogen) atoms. The van der Waals surface area contributed by atoms with Gasteiger partial charge in [-0.15, -0.1) is 0 Å². The van der Waals surface area contributed by atoms with Crippen LogP contribution in [0.1, 0.15) is 24.8 Å². The third-order valence-corrected chi connectivity index (χ3v) is 10.5. The topological polar surface area (TPSA) is 45.3 Å². The van der Waals surface area contributed by atoms with Gasteiger partial charge in [0.1, 0.15) is 0 Å². The van der Waals surface area contributed by atoms with Gasteiger partial charge in [-0.05, 0) is 49.1 Å². The number of carbonyl (C=O) groups is 1. The molecule has 0 unspecified atom stereocenters. The Morgan fingerprint density at radius 2 is 2.06 bits per heavy atom. The Balaban J connectivity index is 1.22. The second-order valence-corrected chi connectivity index (χ2v) is 11.8. The molecule has 166 valence electrons. The number of hydrogen-bond acceptors (Lipinski definition) is 5. The van der Waals surface area contributed by atoms with Crippen LogP contribution in [0.5, 0.6) is 0 Å². The molecule has 0 radical (unpaired) electrons. The molecule has 1 aliphatic carbocycles. The smallest absolute Gasteiger partial charge is 0.229 e. The van der Waals surface area contributed by atoms with Crippen molar-refractivity contribution in [3.8, 4) is 0 Å². The molecular weight excluding hydrogens is 402 g/mol. The highest BCUT2D eigenvalue weighted by atomic mass is 16.5. The van der Waals surface area contributed by atoms with Crippen LogP contribution in [0.25, 0.3) is 0 Å². The highest BCUT2D eigenvalue weighted by molar-refractivity contribution is 5.99. The number of rotatable bonds is 1. The summed E-state index contributed by atoms with van der Waals surface area (Å²) in [5.74, 6) is 1.30. The van der Waals surface area contributed by atoms with Gasteiger partial charge in [0.2, 0.25) is 5.91 Å². The summed E-state index contributed by atoms with van der Waals surface area (Å²) in [7, 11) is 0. The summed E-state index contributed by atoms with van der Waals surface area (Å²) in [6, 6.07) is 7.84. The van der Waals surface area contributed by atoms with E-state index in [1.165, 1.54) is 29.8 Å². The molecule has 0 N–H and O–H groups in total. The van der Waals surface area contributed by atoms with Crippen molar-refractivity contribution in [2.45, 2.75) is 42.9 Å². The Hall–Kier alpha value is -1.89. The summed E-state index contributed by atoms with van der Waals surface area (Å²) >= 11 is 0. The van der Waals surface area contributed by atoms with Gasteiger partial charge in [0.15, 0.2) is 0 Å². The van der Waals surface area contributed by atoms with Gasteiger partial charge in [0, 0.05) is 48.4 Å². The fourth-order valence-electron chi connectivity index (χ4n) is 9.25. The van der Waals surface area contributed by atoms with E-state index in [4.69, 9.17) is 9.47 Å². The molecule has 1 saturated carbocycles. The predicted molar refractivity (Wildman–Crippen MR) is 119 cm³/mol. The van der Waals surface area contributed by atoms with Crippen molar-refractivity contribution >= 4 is 17.3 Å². The first-order valence-electron chi connectivity index (χ1n) is 12.5. The molecule has 6 fully saturated rings. The molecule has 1 amide bonds. The maximum atomic E-state index is 13.6. The first-order valence-corrected chi connectivity index (χ1v) is 12.5. The maximum Gasteiger partial charge on any atom is 0.229 e. The van der Waals surface area contributed by atoms with E-state index in [1.54, 1.807) is 5.57 Å². The van der Waals surface area contributed by atoms with Crippen LogP contribution in [0.4, 0.5) is 11.4 Å². The molecule has 7 aliphatic heterocycles. The van der Waals surface area contributed by atoms with Gasteiger partial charge in [-0.2, -0.15) is 0 Å². The number of anilines is 2. The Morgan fingerprint density at radius 1 is 1.16 bits per heavy atom. The molecule has 1 aromatic carbocycles. The molecule has 6 heteroatoms. The summed E-state index contributed by atoms with van der Waals surface area (Å²) in [5, 5.41) is 0. The standard InChI is InChI=1S/C26H29N3O3/c30-22-9-20-23-17-8-21-26(4-5-27(21)10-15(17)3-6-32-20)18-7-16(1-2-19(18)29(22)24(23)26)28-11-25(12-28)13-31-14-25/h1-3,7,17,20-21,23-24H,4-6,8-14H2/t17-,20-,21-,23-,24-,26+/m0/s1. The zero-order chi connectivity index (χ0) is 20.8. The summed E-state index contributed by atoms with van der Waals surface area (Å²) in [6.07, 6.45) is 5.38. The number of hydrogen-bond donors (Lipinski definition) is 0. The zero-order valence-electron chi connectivity index (χ0n) is 18.3. The normalized spacial score (nSPS) is 44.1. The minimum atomic E-state index is 0.0716. The number of nitrogens with zero attached hydrogens (tertiary/aromatic N) is 3. The lowest BCUT2D eigenvalue weighted by Gasteiger charge is -2.58. The molecule has 6 nitrogen and oxygen atoms in total. The number of benzene rings is 1. The minimum absolute atomic E-state index is 0.0716. The second kappa shape index (κ2) is 5.43. The van der Waals surface area contributed by atoms with Gasteiger partial charge in [0.05, 0.1) is 43.8 Å². The first-order chi connectivity index (χ1) is 15.7. The fraction of sp³-hybridized carbons (Fsp3) is 0.654. The van der Waals surface area contributed by atoms with E-state index >= 15 is 0 Å². The van der Waals surface area contributed by atoms with Gasteiger partial charge >= 0.3 is 0 Å². The molecule has 1 aromatic rings. The molecule has 8 aliphatic rings. The summed E-state index contributed by atoms with van der Waals surface area (Å²) in [4.78, 5) is 21.1. The van der Waals surface area contributed by atoms with E-state index < -0.39 is 0 Å². The molecular formula is C26H29N3O3. The van der Waals surface area contributed by atoms with Gasteiger partial charge < -0.3 is 19.3 Å². The SMILES string of the molecule is O=C1C[C@@H]2OCC=C3CN4CC[C@]56c7cc(N8CC9(COC9)C8)ccc7N1[C@H]5[C@H]2[C@H]3C[C@H]46. The molecule has 7 heterocycles. The zero-order valence-corrected chi connectivity index (χ0v) is 18.3. The van der Waals surface area contributed by atoms with Crippen LogP contribution in [-0.4, -0.2) is 75.0 Å². The van der Waals surface area contributed by atoms with E-state index in [2.05, 4.69) is 39.0 Å². The van der Waals surface area contributed by atoms with E-state index in [1.807, 2.05) is 0 Å². The highest BCUT2D eigenvalue weighted by Crippen LogP contribution is 2.66. The van der Waals surface area contributed by atoms with Crippen molar-refractivity contribution < 1.29 is 14.3 Å². The number of carbonyl (C=O) groups excluding carboxylic acids is 1. The second-order valence-electron chi connectivity index (χ2n) is 11.8. The molecule has 0 aromatic heterocycles. The maximum absolute atomic E-state index is 13.6. The average molecular weight is 432 g/mol. The van der Waals surface area contributed by atoms with Gasteiger partial charge in [0.25, 0.3) is 0 Å².